The molecule has 1 heterocycles. The summed E-state index contributed by atoms with van der Waals surface area (Å²) >= 11 is 0. The highest BCUT2D eigenvalue weighted by Crippen LogP contribution is 2.18. The van der Waals surface area contributed by atoms with Crippen molar-refractivity contribution in [2.75, 3.05) is 26.2 Å². The maximum atomic E-state index is 5.90. The SMILES string of the molecule is C=CCc1ccccc1OCCN1CCCCC1. The Morgan fingerprint density at radius 3 is 2.72 bits per heavy atom. The summed E-state index contributed by atoms with van der Waals surface area (Å²) in [6, 6.07) is 8.24. The van der Waals surface area contributed by atoms with Crippen LogP contribution in [-0.4, -0.2) is 31.1 Å². The van der Waals surface area contributed by atoms with E-state index in [1.165, 1.54) is 37.9 Å². The molecule has 0 N–H and O–H groups in total. The van der Waals surface area contributed by atoms with Gasteiger partial charge in [-0.05, 0) is 44.0 Å². The van der Waals surface area contributed by atoms with E-state index in [-0.39, 0.29) is 0 Å². The zero-order chi connectivity index (χ0) is 12.6. The second-order valence-corrected chi connectivity index (χ2v) is 4.85. The molecule has 2 rings (SSSR count). The number of hydrogen-bond acceptors (Lipinski definition) is 2. The van der Waals surface area contributed by atoms with Crippen LogP contribution in [0.1, 0.15) is 24.8 Å². The lowest BCUT2D eigenvalue weighted by atomic mass is 10.1. The number of para-hydroxylation sites is 1. The number of allylic oxidation sites excluding steroid dienone is 1. The number of benzene rings is 1. The van der Waals surface area contributed by atoms with E-state index in [4.69, 9.17) is 4.74 Å². The topological polar surface area (TPSA) is 12.5 Å². The fraction of sp³-hybridized carbons (Fsp3) is 0.500. The quantitative estimate of drug-likeness (QED) is 0.713. The van der Waals surface area contributed by atoms with E-state index in [2.05, 4.69) is 29.7 Å². The largest absolute Gasteiger partial charge is 0.492 e. The van der Waals surface area contributed by atoms with Gasteiger partial charge in [0, 0.05) is 6.54 Å². The molecule has 1 saturated heterocycles. The first-order valence-corrected chi connectivity index (χ1v) is 6.94. The summed E-state index contributed by atoms with van der Waals surface area (Å²) in [7, 11) is 0. The van der Waals surface area contributed by atoms with Crippen molar-refractivity contribution in [1.82, 2.24) is 4.90 Å². The Hall–Kier alpha value is -1.28. The summed E-state index contributed by atoms with van der Waals surface area (Å²) in [6.45, 7) is 8.08. The van der Waals surface area contributed by atoms with Crippen molar-refractivity contribution in [2.45, 2.75) is 25.7 Å². The minimum atomic E-state index is 0.786. The lowest BCUT2D eigenvalue weighted by molar-refractivity contribution is 0.183. The number of rotatable bonds is 6. The van der Waals surface area contributed by atoms with Crippen molar-refractivity contribution >= 4 is 0 Å². The first-order chi connectivity index (χ1) is 8.90. The molecule has 2 heteroatoms. The average molecular weight is 245 g/mol. The van der Waals surface area contributed by atoms with Gasteiger partial charge in [-0.25, -0.2) is 0 Å². The summed E-state index contributed by atoms with van der Waals surface area (Å²) in [5, 5.41) is 0. The third-order valence-electron chi connectivity index (χ3n) is 3.45. The molecule has 1 aliphatic heterocycles. The van der Waals surface area contributed by atoms with Crippen molar-refractivity contribution in [1.29, 1.82) is 0 Å². The molecule has 0 aliphatic carbocycles. The summed E-state index contributed by atoms with van der Waals surface area (Å²) in [5.74, 6) is 1.01. The van der Waals surface area contributed by atoms with Crippen LogP contribution in [0.15, 0.2) is 36.9 Å². The molecule has 1 fully saturated rings. The molecule has 0 spiro atoms. The highest BCUT2D eigenvalue weighted by molar-refractivity contribution is 5.34. The van der Waals surface area contributed by atoms with E-state index in [0.29, 0.717) is 0 Å². The third kappa shape index (κ3) is 3.88. The Bertz CT molecular complexity index is 369. The second kappa shape index (κ2) is 7.22. The van der Waals surface area contributed by atoms with Crippen LogP contribution in [-0.2, 0) is 6.42 Å². The highest BCUT2D eigenvalue weighted by Gasteiger charge is 2.09. The minimum absolute atomic E-state index is 0.786. The molecule has 0 saturated carbocycles. The highest BCUT2D eigenvalue weighted by atomic mass is 16.5. The molecule has 98 valence electrons. The summed E-state index contributed by atoms with van der Waals surface area (Å²) < 4.78 is 5.90. The van der Waals surface area contributed by atoms with E-state index >= 15 is 0 Å². The molecular weight excluding hydrogens is 222 g/mol. The van der Waals surface area contributed by atoms with Gasteiger partial charge in [0.2, 0.25) is 0 Å². The molecule has 0 unspecified atom stereocenters. The first-order valence-electron chi connectivity index (χ1n) is 6.94. The zero-order valence-electron chi connectivity index (χ0n) is 11.1. The monoisotopic (exact) mass is 245 g/mol. The molecule has 0 radical (unpaired) electrons. The van der Waals surface area contributed by atoms with Gasteiger partial charge in [-0.2, -0.15) is 0 Å². The minimum Gasteiger partial charge on any atom is -0.492 e. The average Bonchev–Trinajstić information content (AvgIpc) is 2.42. The van der Waals surface area contributed by atoms with Gasteiger partial charge in [-0.1, -0.05) is 30.7 Å². The Morgan fingerprint density at radius 1 is 1.17 bits per heavy atom. The van der Waals surface area contributed by atoms with Crippen LogP contribution in [0.3, 0.4) is 0 Å². The van der Waals surface area contributed by atoms with E-state index in [1.54, 1.807) is 0 Å². The predicted molar refractivity (Wildman–Crippen MR) is 76.1 cm³/mol. The van der Waals surface area contributed by atoms with E-state index in [9.17, 15) is 0 Å². The predicted octanol–water partition coefficient (Wildman–Crippen LogP) is 3.28. The molecule has 1 aromatic carbocycles. The molecular formula is C16H23NO. The molecule has 0 bridgehead atoms. The van der Waals surface area contributed by atoms with Crippen LogP contribution in [0, 0.1) is 0 Å². The van der Waals surface area contributed by atoms with E-state index in [1.807, 2.05) is 12.1 Å². The molecule has 2 nitrogen and oxygen atoms in total. The second-order valence-electron chi connectivity index (χ2n) is 4.85. The number of nitrogens with zero attached hydrogens (tertiary/aromatic N) is 1. The van der Waals surface area contributed by atoms with Crippen LogP contribution in [0.25, 0.3) is 0 Å². The number of likely N-dealkylation sites (tertiary alicyclic amines) is 1. The third-order valence-corrected chi connectivity index (χ3v) is 3.45. The number of hydrogen-bond donors (Lipinski definition) is 0. The van der Waals surface area contributed by atoms with Crippen LogP contribution in [0.4, 0.5) is 0 Å². The van der Waals surface area contributed by atoms with Gasteiger partial charge in [0.15, 0.2) is 0 Å². The van der Waals surface area contributed by atoms with Crippen LogP contribution >= 0.6 is 0 Å². The fourth-order valence-corrected chi connectivity index (χ4v) is 2.44. The molecule has 0 amide bonds. The van der Waals surface area contributed by atoms with E-state index < -0.39 is 0 Å². The van der Waals surface area contributed by atoms with Crippen LogP contribution in [0.5, 0.6) is 5.75 Å². The molecule has 18 heavy (non-hydrogen) atoms. The van der Waals surface area contributed by atoms with Crippen molar-refractivity contribution in [3.63, 3.8) is 0 Å². The summed E-state index contributed by atoms with van der Waals surface area (Å²) in [6.07, 6.45) is 6.87. The van der Waals surface area contributed by atoms with Gasteiger partial charge in [-0.3, -0.25) is 4.90 Å². The maximum absolute atomic E-state index is 5.90. The number of piperidine rings is 1. The van der Waals surface area contributed by atoms with Crippen molar-refractivity contribution in [3.05, 3.63) is 42.5 Å². The lowest BCUT2D eigenvalue weighted by Crippen LogP contribution is -2.33. The van der Waals surface area contributed by atoms with Gasteiger partial charge < -0.3 is 4.74 Å². The fourth-order valence-electron chi connectivity index (χ4n) is 2.44. The summed E-state index contributed by atoms with van der Waals surface area (Å²) in [4.78, 5) is 2.50. The normalized spacial score (nSPS) is 16.4. The zero-order valence-corrected chi connectivity index (χ0v) is 11.1. The first kappa shape index (κ1) is 13.2. The van der Waals surface area contributed by atoms with E-state index in [0.717, 1.165) is 25.3 Å². The number of ether oxygens (including phenoxy) is 1. The Balaban J connectivity index is 1.80. The molecule has 0 aromatic heterocycles. The standard InChI is InChI=1S/C16H23NO/c1-2-8-15-9-4-5-10-16(15)18-14-13-17-11-6-3-7-12-17/h2,4-5,9-10H,1,3,6-8,11-14H2. The Labute approximate surface area is 110 Å². The summed E-state index contributed by atoms with van der Waals surface area (Å²) in [5.41, 5.74) is 1.23. The van der Waals surface area contributed by atoms with Gasteiger partial charge >= 0.3 is 0 Å². The molecule has 0 atom stereocenters. The van der Waals surface area contributed by atoms with Gasteiger partial charge in [0.25, 0.3) is 0 Å². The molecule has 1 aromatic rings. The lowest BCUT2D eigenvalue weighted by Gasteiger charge is -2.26. The van der Waals surface area contributed by atoms with Crippen LogP contribution < -0.4 is 4.74 Å². The van der Waals surface area contributed by atoms with Crippen LogP contribution in [0.2, 0.25) is 0 Å². The van der Waals surface area contributed by atoms with Crippen molar-refractivity contribution < 1.29 is 4.74 Å². The van der Waals surface area contributed by atoms with Crippen molar-refractivity contribution in [2.24, 2.45) is 0 Å². The maximum Gasteiger partial charge on any atom is 0.122 e. The van der Waals surface area contributed by atoms with Gasteiger partial charge in [0.1, 0.15) is 12.4 Å². The molecule has 1 aliphatic rings. The Morgan fingerprint density at radius 2 is 1.94 bits per heavy atom. The van der Waals surface area contributed by atoms with Crippen molar-refractivity contribution in [3.8, 4) is 5.75 Å². The van der Waals surface area contributed by atoms with Gasteiger partial charge in [-0.15, -0.1) is 6.58 Å². The smallest absolute Gasteiger partial charge is 0.122 e. The van der Waals surface area contributed by atoms with Gasteiger partial charge in [0.05, 0.1) is 0 Å². The Kier molecular flexibility index (Phi) is 5.28.